The van der Waals surface area contributed by atoms with Crippen molar-refractivity contribution in [2.24, 2.45) is 5.73 Å². The summed E-state index contributed by atoms with van der Waals surface area (Å²) in [4.78, 5) is 1.33. The van der Waals surface area contributed by atoms with Gasteiger partial charge in [-0.15, -0.1) is 11.3 Å². The van der Waals surface area contributed by atoms with Gasteiger partial charge >= 0.3 is 0 Å². The molecule has 2 rings (SSSR count). The van der Waals surface area contributed by atoms with Crippen LogP contribution in [0.1, 0.15) is 23.8 Å². The first-order chi connectivity index (χ1) is 6.15. The van der Waals surface area contributed by atoms with Crippen molar-refractivity contribution in [3.63, 3.8) is 0 Å². The Hall–Kier alpha value is 0.1000. The molecule has 1 aromatic heterocycles. The van der Waals surface area contributed by atoms with Crippen LogP contribution in [0.2, 0.25) is 0 Å². The largest absolute Gasteiger partial charge is 0.323 e. The SMILES string of the molecule is CNC(c1ccc(Br)s1)C1(N)CC1. The van der Waals surface area contributed by atoms with E-state index in [9.17, 15) is 0 Å². The van der Waals surface area contributed by atoms with E-state index in [4.69, 9.17) is 5.73 Å². The number of nitrogens with two attached hydrogens (primary N) is 1. The molecular formula is C9H13BrN2S. The highest BCUT2D eigenvalue weighted by Gasteiger charge is 2.46. The molecule has 1 aliphatic rings. The molecular weight excluding hydrogens is 248 g/mol. The van der Waals surface area contributed by atoms with Gasteiger partial charge in [-0.25, -0.2) is 0 Å². The fourth-order valence-electron chi connectivity index (χ4n) is 1.63. The van der Waals surface area contributed by atoms with E-state index in [2.05, 4.69) is 33.4 Å². The fourth-order valence-corrected chi connectivity index (χ4v) is 3.29. The van der Waals surface area contributed by atoms with E-state index in [-0.39, 0.29) is 5.54 Å². The first kappa shape index (κ1) is 9.65. The number of hydrogen-bond donors (Lipinski definition) is 2. The second-order valence-electron chi connectivity index (χ2n) is 3.60. The maximum atomic E-state index is 6.17. The van der Waals surface area contributed by atoms with E-state index in [0.29, 0.717) is 6.04 Å². The van der Waals surface area contributed by atoms with Crippen LogP contribution >= 0.6 is 27.3 Å². The molecule has 0 spiro atoms. The number of halogens is 1. The van der Waals surface area contributed by atoms with Gasteiger partial charge in [0.15, 0.2) is 0 Å². The Bertz CT molecular complexity index is 306. The third-order valence-corrected chi connectivity index (χ3v) is 4.26. The molecule has 1 heterocycles. The lowest BCUT2D eigenvalue weighted by Crippen LogP contribution is -2.37. The summed E-state index contributed by atoms with van der Waals surface area (Å²) < 4.78 is 1.17. The molecule has 1 saturated carbocycles. The maximum Gasteiger partial charge on any atom is 0.0702 e. The molecule has 0 aromatic carbocycles. The lowest BCUT2D eigenvalue weighted by atomic mass is 10.1. The lowest BCUT2D eigenvalue weighted by molar-refractivity contribution is 0.468. The van der Waals surface area contributed by atoms with Gasteiger partial charge in [0, 0.05) is 10.4 Å². The average Bonchev–Trinajstić information content (AvgIpc) is 2.67. The highest BCUT2D eigenvalue weighted by molar-refractivity contribution is 9.11. The predicted octanol–water partition coefficient (Wildman–Crippen LogP) is 2.26. The molecule has 0 bridgehead atoms. The van der Waals surface area contributed by atoms with Gasteiger partial charge in [-0.1, -0.05) is 0 Å². The van der Waals surface area contributed by atoms with Gasteiger partial charge < -0.3 is 11.1 Å². The zero-order valence-corrected chi connectivity index (χ0v) is 9.91. The van der Waals surface area contributed by atoms with Crippen molar-refractivity contribution in [3.8, 4) is 0 Å². The van der Waals surface area contributed by atoms with Crippen LogP contribution in [-0.4, -0.2) is 12.6 Å². The first-order valence-corrected chi connectivity index (χ1v) is 5.98. The van der Waals surface area contributed by atoms with Crippen LogP contribution < -0.4 is 11.1 Å². The van der Waals surface area contributed by atoms with E-state index in [1.165, 1.54) is 8.66 Å². The number of thiophene rings is 1. The standard InChI is InChI=1S/C9H13BrN2S/c1-12-8(9(11)4-5-9)6-2-3-7(10)13-6/h2-3,8,12H,4-5,11H2,1H3. The van der Waals surface area contributed by atoms with Crippen LogP contribution in [0.5, 0.6) is 0 Å². The van der Waals surface area contributed by atoms with Crippen LogP contribution in [0.25, 0.3) is 0 Å². The van der Waals surface area contributed by atoms with Crippen molar-refractivity contribution in [2.75, 3.05) is 7.05 Å². The minimum atomic E-state index is 0.0129. The summed E-state index contributed by atoms with van der Waals surface area (Å²) in [5, 5.41) is 3.30. The minimum absolute atomic E-state index is 0.0129. The van der Waals surface area contributed by atoms with Crippen LogP contribution in [0.3, 0.4) is 0 Å². The van der Waals surface area contributed by atoms with Crippen molar-refractivity contribution in [1.29, 1.82) is 0 Å². The molecule has 2 nitrogen and oxygen atoms in total. The maximum absolute atomic E-state index is 6.17. The quantitative estimate of drug-likeness (QED) is 0.875. The molecule has 1 fully saturated rings. The molecule has 3 N–H and O–H groups in total. The summed E-state index contributed by atoms with van der Waals surface area (Å²) in [5.74, 6) is 0. The summed E-state index contributed by atoms with van der Waals surface area (Å²) in [6.07, 6.45) is 2.27. The molecule has 0 radical (unpaired) electrons. The Morgan fingerprint density at radius 1 is 1.62 bits per heavy atom. The van der Waals surface area contributed by atoms with E-state index >= 15 is 0 Å². The van der Waals surface area contributed by atoms with Gasteiger partial charge in [-0.05, 0) is 48.0 Å². The highest BCUT2D eigenvalue weighted by Crippen LogP contribution is 2.45. The smallest absolute Gasteiger partial charge is 0.0702 e. The molecule has 0 saturated heterocycles. The molecule has 1 atom stereocenters. The Kier molecular flexibility index (Phi) is 2.49. The van der Waals surface area contributed by atoms with Crippen molar-refractivity contribution in [3.05, 3.63) is 20.8 Å². The zero-order valence-electron chi connectivity index (χ0n) is 7.51. The zero-order chi connectivity index (χ0) is 9.47. The monoisotopic (exact) mass is 260 g/mol. The van der Waals surface area contributed by atoms with Gasteiger partial charge in [0.05, 0.1) is 9.83 Å². The second kappa shape index (κ2) is 3.35. The van der Waals surface area contributed by atoms with E-state index in [1.54, 1.807) is 11.3 Å². The van der Waals surface area contributed by atoms with Gasteiger partial charge in [-0.3, -0.25) is 0 Å². The lowest BCUT2D eigenvalue weighted by Gasteiger charge is -2.21. The normalized spacial score (nSPS) is 21.5. The third-order valence-electron chi connectivity index (χ3n) is 2.57. The summed E-state index contributed by atoms with van der Waals surface area (Å²) in [6, 6.07) is 4.54. The third kappa shape index (κ3) is 1.81. The van der Waals surface area contributed by atoms with E-state index in [1.807, 2.05) is 7.05 Å². The number of nitrogens with one attached hydrogen (secondary N) is 1. The Balaban J connectivity index is 2.22. The molecule has 1 aromatic rings. The Morgan fingerprint density at radius 3 is 2.69 bits per heavy atom. The number of rotatable bonds is 3. The van der Waals surface area contributed by atoms with Gasteiger partial charge in [0.25, 0.3) is 0 Å². The van der Waals surface area contributed by atoms with E-state index in [0.717, 1.165) is 12.8 Å². The van der Waals surface area contributed by atoms with Crippen molar-refractivity contribution in [1.82, 2.24) is 5.32 Å². The molecule has 13 heavy (non-hydrogen) atoms. The van der Waals surface area contributed by atoms with Crippen LogP contribution in [0, 0.1) is 0 Å². The van der Waals surface area contributed by atoms with Gasteiger partial charge in [0.1, 0.15) is 0 Å². The number of likely N-dealkylation sites (N-methyl/N-ethyl adjacent to an activating group) is 1. The van der Waals surface area contributed by atoms with Gasteiger partial charge in [0.2, 0.25) is 0 Å². The highest BCUT2D eigenvalue weighted by atomic mass is 79.9. The minimum Gasteiger partial charge on any atom is -0.323 e. The second-order valence-corrected chi connectivity index (χ2v) is 6.09. The summed E-state index contributed by atoms with van der Waals surface area (Å²) in [7, 11) is 1.98. The van der Waals surface area contributed by atoms with Crippen molar-refractivity contribution >= 4 is 27.3 Å². The van der Waals surface area contributed by atoms with E-state index < -0.39 is 0 Å². The van der Waals surface area contributed by atoms with Crippen molar-refractivity contribution in [2.45, 2.75) is 24.4 Å². The van der Waals surface area contributed by atoms with Gasteiger partial charge in [-0.2, -0.15) is 0 Å². The molecule has 4 heteroatoms. The topological polar surface area (TPSA) is 38.0 Å². The predicted molar refractivity (Wildman–Crippen MR) is 60.0 cm³/mol. The summed E-state index contributed by atoms with van der Waals surface area (Å²) >= 11 is 5.23. The average molecular weight is 261 g/mol. The summed E-state index contributed by atoms with van der Waals surface area (Å²) in [6.45, 7) is 0. The molecule has 0 aliphatic heterocycles. The van der Waals surface area contributed by atoms with Crippen LogP contribution in [0.15, 0.2) is 15.9 Å². The fraction of sp³-hybridized carbons (Fsp3) is 0.556. The van der Waals surface area contributed by atoms with Crippen LogP contribution in [0.4, 0.5) is 0 Å². The Labute approximate surface area is 90.6 Å². The number of hydrogen-bond acceptors (Lipinski definition) is 3. The molecule has 0 amide bonds. The summed E-state index contributed by atoms with van der Waals surface area (Å²) in [5.41, 5.74) is 6.18. The molecule has 72 valence electrons. The van der Waals surface area contributed by atoms with Crippen LogP contribution in [-0.2, 0) is 0 Å². The molecule has 1 unspecified atom stereocenters. The first-order valence-electron chi connectivity index (χ1n) is 4.37. The Morgan fingerprint density at radius 2 is 2.31 bits per heavy atom. The van der Waals surface area contributed by atoms with Crippen molar-refractivity contribution < 1.29 is 0 Å². The molecule has 1 aliphatic carbocycles.